The number of anilines is 2. The zero-order chi connectivity index (χ0) is 24.5. The molecule has 0 bridgehead atoms. The van der Waals surface area contributed by atoms with Crippen molar-refractivity contribution in [2.24, 2.45) is 0 Å². The standard InChI is InChI=1S/C29H31NO4/c1-6-18-30(23-12-10-9-11-13-23)28-21(4)27(29(31)33-8-3)25(20-26(28)34-19-7-2)22-14-16-24(32-5)17-15-22/h6-7,9-17,20H,1-2,8,18-19H2,3-5H3. The van der Waals surface area contributed by atoms with Gasteiger partial charge in [-0.25, -0.2) is 4.79 Å². The third kappa shape index (κ3) is 5.31. The minimum atomic E-state index is -0.381. The van der Waals surface area contributed by atoms with E-state index in [2.05, 4.69) is 18.1 Å². The lowest BCUT2D eigenvalue weighted by atomic mass is 9.93. The van der Waals surface area contributed by atoms with Gasteiger partial charge >= 0.3 is 5.97 Å². The predicted molar refractivity (Wildman–Crippen MR) is 138 cm³/mol. The number of carbonyl (C=O) groups excluding carboxylic acids is 1. The van der Waals surface area contributed by atoms with E-state index in [4.69, 9.17) is 14.2 Å². The van der Waals surface area contributed by atoms with Crippen LogP contribution in [0.15, 0.2) is 86.0 Å². The Morgan fingerprint density at radius 2 is 1.74 bits per heavy atom. The van der Waals surface area contributed by atoms with Crippen LogP contribution in [0.2, 0.25) is 0 Å². The molecule has 0 aliphatic carbocycles. The molecule has 0 N–H and O–H groups in total. The molecule has 0 fully saturated rings. The number of esters is 1. The van der Waals surface area contributed by atoms with Gasteiger partial charge in [0.05, 0.1) is 25.0 Å². The van der Waals surface area contributed by atoms with Gasteiger partial charge in [0.2, 0.25) is 0 Å². The first-order chi connectivity index (χ1) is 16.5. The van der Waals surface area contributed by atoms with E-state index in [1.54, 1.807) is 20.1 Å². The van der Waals surface area contributed by atoms with Gasteiger partial charge in [0, 0.05) is 17.8 Å². The average molecular weight is 458 g/mol. The van der Waals surface area contributed by atoms with Crippen LogP contribution in [-0.4, -0.2) is 32.8 Å². The molecule has 0 unspecified atom stereocenters. The molecular formula is C29H31NO4. The van der Waals surface area contributed by atoms with Crippen LogP contribution in [-0.2, 0) is 4.74 Å². The second-order valence-electron chi connectivity index (χ2n) is 7.55. The number of para-hydroxylation sites is 1. The predicted octanol–water partition coefficient (Wildman–Crippen LogP) is 6.74. The third-order valence-electron chi connectivity index (χ3n) is 5.40. The van der Waals surface area contributed by atoms with Crippen molar-refractivity contribution >= 4 is 17.3 Å². The van der Waals surface area contributed by atoms with E-state index in [1.807, 2.05) is 73.7 Å². The van der Waals surface area contributed by atoms with Crippen LogP contribution in [0, 0.1) is 6.92 Å². The second-order valence-corrected chi connectivity index (χ2v) is 7.55. The van der Waals surface area contributed by atoms with Crippen molar-refractivity contribution < 1.29 is 19.0 Å². The first-order valence-electron chi connectivity index (χ1n) is 11.2. The molecule has 0 atom stereocenters. The summed E-state index contributed by atoms with van der Waals surface area (Å²) in [5.41, 5.74) is 4.59. The summed E-state index contributed by atoms with van der Waals surface area (Å²) in [5.74, 6) is 0.995. The fourth-order valence-corrected chi connectivity index (χ4v) is 3.90. The number of carbonyl (C=O) groups is 1. The molecule has 3 aromatic rings. The molecule has 0 saturated heterocycles. The van der Waals surface area contributed by atoms with E-state index in [0.717, 1.165) is 33.8 Å². The number of ether oxygens (including phenoxy) is 3. The summed E-state index contributed by atoms with van der Waals surface area (Å²) in [6.45, 7) is 12.6. The van der Waals surface area contributed by atoms with Crippen LogP contribution in [0.25, 0.3) is 11.1 Å². The highest BCUT2D eigenvalue weighted by Gasteiger charge is 2.26. The number of methoxy groups -OCH3 is 1. The maximum Gasteiger partial charge on any atom is 0.339 e. The second kappa shape index (κ2) is 11.8. The van der Waals surface area contributed by atoms with Crippen molar-refractivity contribution in [3.05, 3.63) is 97.1 Å². The summed E-state index contributed by atoms with van der Waals surface area (Å²) in [5, 5.41) is 0. The molecule has 3 rings (SSSR count). The average Bonchev–Trinajstić information content (AvgIpc) is 2.86. The summed E-state index contributed by atoms with van der Waals surface area (Å²) < 4.78 is 16.9. The van der Waals surface area contributed by atoms with Gasteiger partial charge in [-0.05, 0) is 55.3 Å². The lowest BCUT2D eigenvalue weighted by Crippen LogP contribution is -2.21. The molecule has 0 saturated carbocycles. The molecule has 5 heteroatoms. The maximum absolute atomic E-state index is 13.2. The molecule has 0 aromatic heterocycles. The quantitative estimate of drug-likeness (QED) is 0.236. The Balaban J connectivity index is 2.33. The van der Waals surface area contributed by atoms with E-state index < -0.39 is 0 Å². The largest absolute Gasteiger partial charge is 0.497 e. The number of rotatable bonds is 11. The molecule has 0 aliphatic heterocycles. The lowest BCUT2D eigenvalue weighted by Gasteiger charge is -2.29. The Bertz CT molecular complexity index is 1140. The third-order valence-corrected chi connectivity index (χ3v) is 5.40. The van der Waals surface area contributed by atoms with Gasteiger partial charge in [0.15, 0.2) is 0 Å². The van der Waals surface area contributed by atoms with Crippen molar-refractivity contribution in [1.82, 2.24) is 0 Å². The Hall–Kier alpha value is -3.99. The Labute approximate surface area is 201 Å². The van der Waals surface area contributed by atoms with Crippen LogP contribution >= 0.6 is 0 Å². The summed E-state index contributed by atoms with van der Waals surface area (Å²) in [6.07, 6.45) is 3.52. The van der Waals surface area contributed by atoms with E-state index >= 15 is 0 Å². The molecule has 0 heterocycles. The zero-order valence-electron chi connectivity index (χ0n) is 20.0. The molecule has 0 amide bonds. The van der Waals surface area contributed by atoms with Crippen molar-refractivity contribution in [3.8, 4) is 22.6 Å². The van der Waals surface area contributed by atoms with Crippen molar-refractivity contribution in [1.29, 1.82) is 0 Å². The van der Waals surface area contributed by atoms with Crippen LogP contribution < -0.4 is 14.4 Å². The van der Waals surface area contributed by atoms with E-state index in [1.165, 1.54) is 0 Å². The van der Waals surface area contributed by atoms with Crippen molar-refractivity contribution in [2.45, 2.75) is 13.8 Å². The highest BCUT2D eigenvalue weighted by molar-refractivity contribution is 6.02. The highest BCUT2D eigenvalue weighted by atomic mass is 16.5. The number of hydrogen-bond donors (Lipinski definition) is 0. The zero-order valence-corrected chi connectivity index (χ0v) is 20.0. The van der Waals surface area contributed by atoms with Gasteiger partial charge in [-0.3, -0.25) is 0 Å². The minimum absolute atomic E-state index is 0.277. The van der Waals surface area contributed by atoms with E-state index in [0.29, 0.717) is 24.5 Å². The Morgan fingerprint density at radius 3 is 2.32 bits per heavy atom. The fraction of sp³-hybridized carbons (Fsp3) is 0.207. The topological polar surface area (TPSA) is 48.0 Å². The van der Waals surface area contributed by atoms with E-state index in [9.17, 15) is 4.79 Å². The van der Waals surface area contributed by atoms with Gasteiger partial charge < -0.3 is 19.1 Å². The lowest BCUT2D eigenvalue weighted by molar-refractivity contribution is 0.0526. The summed E-state index contributed by atoms with van der Waals surface area (Å²) >= 11 is 0. The maximum atomic E-state index is 13.2. The minimum Gasteiger partial charge on any atom is -0.497 e. The number of nitrogens with zero attached hydrogens (tertiary/aromatic N) is 1. The first kappa shape index (κ1) is 24.6. The van der Waals surface area contributed by atoms with Gasteiger partial charge in [-0.1, -0.05) is 49.1 Å². The normalized spacial score (nSPS) is 10.3. The first-order valence-corrected chi connectivity index (χ1v) is 11.2. The summed E-state index contributed by atoms with van der Waals surface area (Å²) in [4.78, 5) is 15.3. The SMILES string of the molecule is C=CCOc1cc(-c2ccc(OC)cc2)c(C(=O)OCC)c(C)c1N(CC=C)c1ccccc1. The van der Waals surface area contributed by atoms with E-state index in [-0.39, 0.29) is 12.6 Å². The van der Waals surface area contributed by atoms with Gasteiger partial charge in [-0.15, -0.1) is 6.58 Å². The molecule has 0 aliphatic rings. The van der Waals surface area contributed by atoms with Gasteiger partial charge in [0.1, 0.15) is 18.1 Å². The van der Waals surface area contributed by atoms with Crippen LogP contribution in [0.3, 0.4) is 0 Å². The molecule has 176 valence electrons. The molecule has 34 heavy (non-hydrogen) atoms. The van der Waals surface area contributed by atoms with Crippen molar-refractivity contribution in [3.63, 3.8) is 0 Å². The van der Waals surface area contributed by atoms with Gasteiger partial charge in [0.25, 0.3) is 0 Å². The molecule has 0 spiro atoms. The van der Waals surface area contributed by atoms with Gasteiger partial charge in [-0.2, -0.15) is 0 Å². The number of hydrogen-bond acceptors (Lipinski definition) is 5. The fourth-order valence-electron chi connectivity index (χ4n) is 3.90. The van der Waals surface area contributed by atoms with Crippen LogP contribution in [0.4, 0.5) is 11.4 Å². The number of benzene rings is 3. The smallest absolute Gasteiger partial charge is 0.339 e. The molecule has 5 nitrogen and oxygen atoms in total. The van der Waals surface area contributed by atoms with Crippen molar-refractivity contribution in [2.75, 3.05) is 31.8 Å². The summed E-state index contributed by atoms with van der Waals surface area (Å²) in [6, 6.07) is 19.4. The molecular weight excluding hydrogens is 426 g/mol. The Morgan fingerprint density at radius 1 is 1.03 bits per heavy atom. The molecule has 0 radical (unpaired) electrons. The summed E-state index contributed by atoms with van der Waals surface area (Å²) in [7, 11) is 1.62. The monoisotopic (exact) mass is 457 g/mol. The Kier molecular flexibility index (Phi) is 8.52. The highest BCUT2D eigenvalue weighted by Crippen LogP contribution is 2.43. The van der Waals surface area contributed by atoms with Crippen LogP contribution in [0.5, 0.6) is 11.5 Å². The van der Waals surface area contributed by atoms with Crippen LogP contribution in [0.1, 0.15) is 22.8 Å². The molecule has 3 aromatic carbocycles.